The van der Waals surface area contributed by atoms with Gasteiger partial charge in [-0.3, -0.25) is 4.79 Å². The summed E-state index contributed by atoms with van der Waals surface area (Å²) in [5, 5.41) is 17.9. The molecule has 88 valence electrons. The SMILES string of the molecule is COc1cc(F)c(O)cc1CC(C)C(=O)O. The van der Waals surface area contributed by atoms with Crippen molar-refractivity contribution in [2.24, 2.45) is 5.92 Å². The van der Waals surface area contributed by atoms with E-state index in [1.807, 2.05) is 0 Å². The first-order valence-corrected chi connectivity index (χ1v) is 4.74. The molecule has 0 saturated carbocycles. The number of halogens is 1. The molecule has 16 heavy (non-hydrogen) atoms. The highest BCUT2D eigenvalue weighted by Gasteiger charge is 2.16. The number of rotatable bonds is 4. The molecule has 1 atom stereocenters. The van der Waals surface area contributed by atoms with Gasteiger partial charge in [0.05, 0.1) is 13.0 Å². The van der Waals surface area contributed by atoms with Crippen LogP contribution in [-0.4, -0.2) is 23.3 Å². The highest BCUT2D eigenvalue weighted by molar-refractivity contribution is 5.70. The lowest BCUT2D eigenvalue weighted by Crippen LogP contribution is -2.12. The van der Waals surface area contributed by atoms with Crippen LogP contribution in [-0.2, 0) is 11.2 Å². The lowest BCUT2D eigenvalue weighted by molar-refractivity contribution is -0.141. The summed E-state index contributed by atoms with van der Waals surface area (Å²) in [6.07, 6.45) is 0.173. The molecule has 0 radical (unpaired) electrons. The molecular formula is C11H13FO4. The van der Waals surface area contributed by atoms with Crippen LogP contribution in [0.2, 0.25) is 0 Å². The number of aromatic hydroxyl groups is 1. The molecule has 0 aliphatic rings. The van der Waals surface area contributed by atoms with Crippen LogP contribution < -0.4 is 4.74 Å². The fourth-order valence-corrected chi connectivity index (χ4v) is 1.35. The Hall–Kier alpha value is -1.78. The van der Waals surface area contributed by atoms with Crippen molar-refractivity contribution >= 4 is 5.97 Å². The number of methoxy groups -OCH3 is 1. The Labute approximate surface area is 92.3 Å². The van der Waals surface area contributed by atoms with E-state index in [9.17, 15) is 14.3 Å². The second-order valence-electron chi connectivity index (χ2n) is 3.56. The van der Waals surface area contributed by atoms with E-state index in [1.165, 1.54) is 20.1 Å². The number of hydrogen-bond acceptors (Lipinski definition) is 3. The van der Waals surface area contributed by atoms with Gasteiger partial charge in [-0.1, -0.05) is 6.92 Å². The maximum atomic E-state index is 13.0. The highest BCUT2D eigenvalue weighted by Crippen LogP contribution is 2.28. The molecule has 2 N–H and O–H groups in total. The normalized spacial score (nSPS) is 12.2. The number of carboxylic acids is 1. The summed E-state index contributed by atoms with van der Waals surface area (Å²) in [4.78, 5) is 10.7. The van der Waals surface area contributed by atoms with Gasteiger partial charge in [-0.25, -0.2) is 4.39 Å². The van der Waals surface area contributed by atoms with Gasteiger partial charge in [-0.15, -0.1) is 0 Å². The van der Waals surface area contributed by atoms with Crippen molar-refractivity contribution in [3.8, 4) is 11.5 Å². The van der Waals surface area contributed by atoms with E-state index in [4.69, 9.17) is 9.84 Å². The predicted molar refractivity (Wildman–Crippen MR) is 55.1 cm³/mol. The quantitative estimate of drug-likeness (QED) is 0.824. The Kier molecular flexibility index (Phi) is 3.71. The van der Waals surface area contributed by atoms with E-state index in [0.29, 0.717) is 5.56 Å². The van der Waals surface area contributed by atoms with Crippen molar-refractivity contribution in [2.75, 3.05) is 7.11 Å². The monoisotopic (exact) mass is 228 g/mol. The second kappa shape index (κ2) is 4.83. The van der Waals surface area contributed by atoms with E-state index in [-0.39, 0.29) is 12.2 Å². The van der Waals surface area contributed by atoms with Gasteiger partial charge in [0.1, 0.15) is 5.75 Å². The number of aliphatic carboxylic acids is 1. The molecule has 0 amide bonds. The van der Waals surface area contributed by atoms with Gasteiger partial charge in [0.15, 0.2) is 11.6 Å². The zero-order valence-corrected chi connectivity index (χ0v) is 9.03. The minimum atomic E-state index is -0.953. The molecule has 1 aromatic rings. The Morgan fingerprint density at radius 3 is 2.69 bits per heavy atom. The average Bonchev–Trinajstić information content (AvgIpc) is 2.22. The van der Waals surface area contributed by atoms with Gasteiger partial charge >= 0.3 is 5.97 Å². The van der Waals surface area contributed by atoms with Crippen LogP contribution in [0.15, 0.2) is 12.1 Å². The number of phenolic OH excluding ortho intramolecular Hbond substituents is 1. The average molecular weight is 228 g/mol. The third-order valence-electron chi connectivity index (χ3n) is 2.30. The molecule has 5 heteroatoms. The molecule has 0 spiro atoms. The fourth-order valence-electron chi connectivity index (χ4n) is 1.35. The smallest absolute Gasteiger partial charge is 0.306 e. The van der Waals surface area contributed by atoms with Gasteiger partial charge in [-0.05, 0) is 18.1 Å². The van der Waals surface area contributed by atoms with Crippen molar-refractivity contribution in [1.82, 2.24) is 0 Å². The summed E-state index contributed by atoms with van der Waals surface area (Å²) in [6.45, 7) is 1.53. The molecule has 0 aliphatic carbocycles. The minimum absolute atomic E-state index is 0.173. The third kappa shape index (κ3) is 2.62. The molecule has 0 heterocycles. The Balaban J connectivity index is 3.03. The van der Waals surface area contributed by atoms with Crippen LogP contribution in [0.25, 0.3) is 0 Å². The van der Waals surface area contributed by atoms with Crippen molar-refractivity contribution in [3.05, 3.63) is 23.5 Å². The van der Waals surface area contributed by atoms with E-state index >= 15 is 0 Å². The molecule has 4 nitrogen and oxygen atoms in total. The van der Waals surface area contributed by atoms with Crippen LogP contribution in [0.3, 0.4) is 0 Å². The molecule has 1 unspecified atom stereocenters. The van der Waals surface area contributed by atoms with Crippen LogP contribution in [0.5, 0.6) is 11.5 Å². The number of ether oxygens (including phenoxy) is 1. The maximum absolute atomic E-state index is 13.0. The molecule has 0 bridgehead atoms. The van der Waals surface area contributed by atoms with E-state index in [1.54, 1.807) is 0 Å². The van der Waals surface area contributed by atoms with Gasteiger partial charge in [-0.2, -0.15) is 0 Å². The van der Waals surface area contributed by atoms with Crippen molar-refractivity contribution in [2.45, 2.75) is 13.3 Å². The summed E-state index contributed by atoms with van der Waals surface area (Å²) in [5.74, 6) is -2.63. The van der Waals surface area contributed by atoms with E-state index in [2.05, 4.69) is 0 Å². The number of carboxylic acid groups (broad SMARTS) is 1. The second-order valence-corrected chi connectivity index (χ2v) is 3.56. The number of hydrogen-bond donors (Lipinski definition) is 2. The Morgan fingerprint density at radius 2 is 2.19 bits per heavy atom. The summed E-state index contributed by atoms with van der Waals surface area (Å²) in [6, 6.07) is 2.23. The molecule has 0 saturated heterocycles. The van der Waals surface area contributed by atoms with Crippen LogP contribution >= 0.6 is 0 Å². The van der Waals surface area contributed by atoms with Gasteiger partial charge in [0.2, 0.25) is 0 Å². The lowest BCUT2D eigenvalue weighted by Gasteiger charge is -2.11. The van der Waals surface area contributed by atoms with Crippen LogP contribution in [0, 0.1) is 11.7 Å². The maximum Gasteiger partial charge on any atom is 0.306 e. The molecular weight excluding hydrogens is 215 g/mol. The zero-order valence-electron chi connectivity index (χ0n) is 9.03. The zero-order chi connectivity index (χ0) is 12.3. The third-order valence-corrected chi connectivity index (χ3v) is 2.30. The Morgan fingerprint density at radius 1 is 1.56 bits per heavy atom. The number of phenols is 1. The fraction of sp³-hybridized carbons (Fsp3) is 0.364. The van der Waals surface area contributed by atoms with Crippen LogP contribution in [0.4, 0.5) is 4.39 Å². The first-order chi connectivity index (χ1) is 7.45. The number of carbonyl (C=O) groups is 1. The minimum Gasteiger partial charge on any atom is -0.505 e. The number of benzene rings is 1. The molecule has 0 aromatic heterocycles. The molecule has 1 aromatic carbocycles. The molecule has 0 fully saturated rings. The summed E-state index contributed by atoms with van der Waals surface area (Å²) in [5.41, 5.74) is 0.469. The van der Waals surface area contributed by atoms with Crippen molar-refractivity contribution < 1.29 is 24.1 Å². The first-order valence-electron chi connectivity index (χ1n) is 4.74. The lowest BCUT2D eigenvalue weighted by atomic mass is 10.00. The van der Waals surface area contributed by atoms with Gasteiger partial charge < -0.3 is 14.9 Å². The Bertz CT molecular complexity index is 403. The van der Waals surface area contributed by atoms with Gasteiger partial charge in [0.25, 0.3) is 0 Å². The van der Waals surface area contributed by atoms with Crippen molar-refractivity contribution in [1.29, 1.82) is 0 Å². The van der Waals surface area contributed by atoms with Crippen molar-refractivity contribution in [3.63, 3.8) is 0 Å². The van der Waals surface area contributed by atoms with E-state index in [0.717, 1.165) is 6.07 Å². The molecule has 0 aliphatic heterocycles. The highest BCUT2D eigenvalue weighted by atomic mass is 19.1. The van der Waals surface area contributed by atoms with Gasteiger partial charge in [0, 0.05) is 6.07 Å². The summed E-state index contributed by atoms with van der Waals surface area (Å²) < 4.78 is 17.9. The summed E-state index contributed by atoms with van der Waals surface area (Å²) >= 11 is 0. The van der Waals surface area contributed by atoms with Crippen LogP contribution in [0.1, 0.15) is 12.5 Å². The predicted octanol–water partition coefficient (Wildman–Crippen LogP) is 1.80. The topological polar surface area (TPSA) is 66.8 Å². The summed E-state index contributed by atoms with van der Waals surface area (Å²) in [7, 11) is 1.36. The standard InChI is InChI=1S/C11H13FO4/c1-6(11(14)15)3-7-4-9(13)8(12)5-10(7)16-2/h4-6,13H,3H2,1-2H3,(H,14,15). The van der Waals surface area contributed by atoms with E-state index < -0.39 is 23.5 Å². The largest absolute Gasteiger partial charge is 0.505 e. The first kappa shape index (κ1) is 12.3. The molecule has 1 rings (SSSR count).